The van der Waals surface area contributed by atoms with Gasteiger partial charge < -0.3 is 10.3 Å². The van der Waals surface area contributed by atoms with Gasteiger partial charge in [0, 0.05) is 29.9 Å². The average molecular weight is 257 g/mol. The lowest BCUT2D eigenvalue weighted by atomic mass is 10.1. The highest BCUT2D eigenvalue weighted by Crippen LogP contribution is 2.13. The number of imidazole rings is 1. The van der Waals surface area contributed by atoms with Crippen LogP contribution in [0.1, 0.15) is 23.9 Å². The third-order valence-corrected chi connectivity index (χ3v) is 2.85. The van der Waals surface area contributed by atoms with Crippen LogP contribution < -0.4 is 5.73 Å². The predicted octanol–water partition coefficient (Wildman–Crippen LogP) is 1.94. The summed E-state index contributed by atoms with van der Waals surface area (Å²) < 4.78 is 15.9. The molecule has 2 N–H and O–H groups in total. The van der Waals surface area contributed by atoms with Crippen molar-refractivity contribution in [3.63, 3.8) is 0 Å². The average Bonchev–Trinajstić information content (AvgIpc) is 2.86. The van der Waals surface area contributed by atoms with Crippen LogP contribution in [0.25, 0.3) is 0 Å². The van der Waals surface area contributed by atoms with Crippen molar-refractivity contribution < 1.29 is 4.39 Å². The Bertz CT molecular complexity index is 620. The molecular formula is C15H16FN3. The molecular weight excluding hydrogens is 241 g/mol. The van der Waals surface area contributed by atoms with Crippen molar-refractivity contribution in [2.24, 2.45) is 5.73 Å². The largest absolute Gasteiger partial charge is 0.330 e. The van der Waals surface area contributed by atoms with Crippen molar-refractivity contribution in [2.75, 3.05) is 6.54 Å². The Morgan fingerprint density at radius 3 is 2.95 bits per heavy atom. The van der Waals surface area contributed by atoms with E-state index in [9.17, 15) is 4.39 Å². The molecule has 0 aliphatic carbocycles. The molecule has 1 heterocycles. The first-order valence-corrected chi connectivity index (χ1v) is 6.22. The lowest BCUT2D eigenvalue weighted by Crippen LogP contribution is -2.05. The minimum Gasteiger partial charge on any atom is -0.330 e. The molecule has 1 aromatic carbocycles. The highest BCUT2D eigenvalue weighted by Gasteiger charge is 2.06. The van der Waals surface area contributed by atoms with E-state index >= 15 is 0 Å². The Balaban J connectivity index is 2.22. The van der Waals surface area contributed by atoms with E-state index in [0.29, 0.717) is 17.7 Å². The van der Waals surface area contributed by atoms with Gasteiger partial charge in [-0.25, -0.2) is 9.37 Å². The molecule has 4 heteroatoms. The number of aromatic nitrogens is 2. The van der Waals surface area contributed by atoms with Crippen LogP contribution >= 0.6 is 0 Å². The van der Waals surface area contributed by atoms with Gasteiger partial charge in [0.15, 0.2) is 0 Å². The molecule has 3 nitrogen and oxygen atoms in total. The van der Waals surface area contributed by atoms with Crippen molar-refractivity contribution in [1.29, 1.82) is 0 Å². The van der Waals surface area contributed by atoms with Crippen LogP contribution in [0.2, 0.25) is 0 Å². The van der Waals surface area contributed by atoms with Gasteiger partial charge in [0.25, 0.3) is 0 Å². The topological polar surface area (TPSA) is 43.8 Å². The molecule has 0 unspecified atom stereocenters. The van der Waals surface area contributed by atoms with E-state index in [1.807, 2.05) is 23.8 Å². The van der Waals surface area contributed by atoms with Gasteiger partial charge in [-0.05, 0) is 12.1 Å². The summed E-state index contributed by atoms with van der Waals surface area (Å²) in [5.41, 5.74) is 6.57. The minimum atomic E-state index is -0.250. The van der Waals surface area contributed by atoms with Crippen LogP contribution in [0.15, 0.2) is 30.6 Å². The first-order valence-electron chi connectivity index (χ1n) is 6.22. The fraction of sp³-hybridized carbons (Fsp3) is 0.267. The number of aryl methyl sites for hydroxylation is 1. The molecule has 0 bridgehead atoms. The molecule has 0 atom stereocenters. The number of halogens is 1. The zero-order valence-corrected chi connectivity index (χ0v) is 10.9. The summed E-state index contributed by atoms with van der Waals surface area (Å²) in [7, 11) is 0. The zero-order chi connectivity index (χ0) is 13.7. The molecule has 0 saturated carbocycles. The van der Waals surface area contributed by atoms with Gasteiger partial charge in [-0.3, -0.25) is 0 Å². The molecule has 2 rings (SSSR count). The summed E-state index contributed by atoms with van der Waals surface area (Å²) in [6.07, 6.45) is 4.42. The predicted molar refractivity (Wildman–Crippen MR) is 73.0 cm³/mol. The number of rotatable bonds is 3. The Labute approximate surface area is 112 Å². The lowest BCUT2D eigenvalue weighted by molar-refractivity contribution is 0.594. The number of nitrogens with zero attached hydrogens (tertiary/aromatic N) is 2. The maximum absolute atomic E-state index is 14.0. The van der Waals surface area contributed by atoms with Crippen LogP contribution in [0.4, 0.5) is 4.39 Å². The van der Waals surface area contributed by atoms with E-state index in [4.69, 9.17) is 5.73 Å². The van der Waals surface area contributed by atoms with Crippen LogP contribution in [0.3, 0.4) is 0 Å². The zero-order valence-electron chi connectivity index (χ0n) is 10.9. The van der Waals surface area contributed by atoms with E-state index in [2.05, 4.69) is 16.8 Å². The lowest BCUT2D eigenvalue weighted by Gasteiger charge is -2.08. The first kappa shape index (κ1) is 13.3. The van der Waals surface area contributed by atoms with Crippen molar-refractivity contribution in [2.45, 2.75) is 19.9 Å². The molecule has 0 saturated heterocycles. The van der Waals surface area contributed by atoms with E-state index in [-0.39, 0.29) is 12.4 Å². The Morgan fingerprint density at radius 2 is 2.26 bits per heavy atom. The fourth-order valence-electron chi connectivity index (χ4n) is 1.89. The van der Waals surface area contributed by atoms with Crippen molar-refractivity contribution in [1.82, 2.24) is 9.55 Å². The third kappa shape index (κ3) is 3.21. The number of hydrogen-bond donors (Lipinski definition) is 1. The molecule has 0 aliphatic heterocycles. The van der Waals surface area contributed by atoms with Gasteiger partial charge >= 0.3 is 0 Å². The molecule has 0 aliphatic rings. The van der Waals surface area contributed by atoms with E-state index in [1.54, 1.807) is 12.3 Å². The second kappa shape index (κ2) is 6.17. The van der Waals surface area contributed by atoms with Gasteiger partial charge in [0.05, 0.1) is 13.1 Å². The van der Waals surface area contributed by atoms with Crippen LogP contribution in [0, 0.1) is 17.7 Å². The van der Waals surface area contributed by atoms with Gasteiger partial charge in [-0.1, -0.05) is 24.8 Å². The summed E-state index contributed by atoms with van der Waals surface area (Å²) in [6.45, 7) is 2.79. The SMILES string of the molecule is CCc1nccn1Cc1ccc(C#CCN)cc1F. The monoisotopic (exact) mass is 257 g/mol. The van der Waals surface area contributed by atoms with Crippen LogP contribution in [-0.4, -0.2) is 16.1 Å². The summed E-state index contributed by atoms with van der Waals surface area (Å²) in [5.74, 6) is 6.23. The second-order valence-electron chi connectivity index (χ2n) is 4.14. The van der Waals surface area contributed by atoms with Gasteiger partial charge in [-0.15, -0.1) is 0 Å². The summed E-state index contributed by atoms with van der Waals surface area (Å²) in [4.78, 5) is 4.22. The molecule has 19 heavy (non-hydrogen) atoms. The Morgan fingerprint density at radius 1 is 1.42 bits per heavy atom. The second-order valence-corrected chi connectivity index (χ2v) is 4.14. The number of nitrogens with two attached hydrogens (primary N) is 1. The van der Waals surface area contributed by atoms with Crippen LogP contribution in [-0.2, 0) is 13.0 Å². The maximum Gasteiger partial charge on any atom is 0.129 e. The molecule has 2 aromatic rings. The first-order chi connectivity index (χ1) is 9.24. The summed E-state index contributed by atoms with van der Waals surface area (Å²) in [6, 6.07) is 5.01. The molecule has 0 amide bonds. The quantitative estimate of drug-likeness (QED) is 0.854. The summed E-state index contributed by atoms with van der Waals surface area (Å²) in [5, 5.41) is 0. The van der Waals surface area contributed by atoms with Gasteiger partial charge in [-0.2, -0.15) is 0 Å². The molecule has 0 fully saturated rings. The number of benzene rings is 1. The molecule has 0 spiro atoms. The number of hydrogen-bond acceptors (Lipinski definition) is 2. The van der Waals surface area contributed by atoms with E-state index in [0.717, 1.165) is 12.2 Å². The highest BCUT2D eigenvalue weighted by molar-refractivity contribution is 5.37. The molecule has 98 valence electrons. The molecule has 1 aromatic heterocycles. The van der Waals surface area contributed by atoms with E-state index in [1.165, 1.54) is 6.07 Å². The van der Waals surface area contributed by atoms with Gasteiger partial charge in [0.1, 0.15) is 11.6 Å². The normalized spacial score (nSPS) is 10.1. The van der Waals surface area contributed by atoms with Crippen LogP contribution in [0.5, 0.6) is 0 Å². The Kier molecular flexibility index (Phi) is 4.32. The maximum atomic E-state index is 14.0. The highest BCUT2D eigenvalue weighted by atomic mass is 19.1. The third-order valence-electron chi connectivity index (χ3n) is 2.85. The smallest absolute Gasteiger partial charge is 0.129 e. The minimum absolute atomic E-state index is 0.250. The summed E-state index contributed by atoms with van der Waals surface area (Å²) >= 11 is 0. The Hall–Kier alpha value is -2.12. The standard InChI is InChI=1S/C15H16FN3/c1-2-15-18-8-9-19(15)11-13-6-5-12(4-3-7-17)10-14(13)16/h5-6,8-10H,2,7,11,17H2,1H3. The molecule has 0 radical (unpaired) electrons. The van der Waals surface area contributed by atoms with Crippen molar-refractivity contribution in [3.8, 4) is 11.8 Å². The fourth-order valence-corrected chi connectivity index (χ4v) is 1.89. The van der Waals surface area contributed by atoms with E-state index < -0.39 is 0 Å². The van der Waals surface area contributed by atoms with Crippen molar-refractivity contribution in [3.05, 3.63) is 53.4 Å². The van der Waals surface area contributed by atoms with Crippen molar-refractivity contribution >= 4 is 0 Å². The van der Waals surface area contributed by atoms with Gasteiger partial charge in [0.2, 0.25) is 0 Å².